The lowest BCUT2D eigenvalue weighted by atomic mass is 9.85. The van der Waals surface area contributed by atoms with Crippen LogP contribution in [0.4, 0.5) is 0 Å². The number of aryl methyl sites for hydroxylation is 2. The third-order valence-electron chi connectivity index (χ3n) is 3.30. The summed E-state index contributed by atoms with van der Waals surface area (Å²) in [6, 6.07) is 0. The number of aromatic nitrogens is 2. The molecule has 1 saturated carbocycles. The Morgan fingerprint density at radius 1 is 1.53 bits per heavy atom. The Morgan fingerprint density at radius 3 is 2.93 bits per heavy atom. The van der Waals surface area contributed by atoms with Gasteiger partial charge < -0.3 is 5.32 Å². The smallest absolute Gasteiger partial charge is 0.0666 e. The standard InChI is InChI=1S/C12H21N3/c1-3-12-11(9-15(2)14-12)8-13-7-10-5-4-6-10/h9-10,13H,3-8H2,1-2H3. The van der Waals surface area contributed by atoms with Gasteiger partial charge in [-0.2, -0.15) is 5.10 Å². The van der Waals surface area contributed by atoms with Gasteiger partial charge in [-0.05, 0) is 31.7 Å². The summed E-state index contributed by atoms with van der Waals surface area (Å²) in [5.41, 5.74) is 2.60. The average Bonchev–Trinajstić information content (AvgIpc) is 2.50. The molecule has 1 aromatic heterocycles. The van der Waals surface area contributed by atoms with E-state index in [2.05, 4.69) is 23.5 Å². The van der Waals surface area contributed by atoms with E-state index in [9.17, 15) is 0 Å². The monoisotopic (exact) mass is 207 g/mol. The molecule has 0 radical (unpaired) electrons. The van der Waals surface area contributed by atoms with Gasteiger partial charge in [0.25, 0.3) is 0 Å². The number of nitrogens with one attached hydrogen (secondary N) is 1. The number of hydrogen-bond acceptors (Lipinski definition) is 2. The molecule has 0 unspecified atom stereocenters. The van der Waals surface area contributed by atoms with Crippen molar-refractivity contribution < 1.29 is 0 Å². The van der Waals surface area contributed by atoms with Crippen molar-refractivity contribution in [2.24, 2.45) is 13.0 Å². The van der Waals surface area contributed by atoms with Crippen LogP contribution in [0.3, 0.4) is 0 Å². The van der Waals surface area contributed by atoms with E-state index in [0.29, 0.717) is 0 Å². The molecule has 1 fully saturated rings. The van der Waals surface area contributed by atoms with Crippen molar-refractivity contribution in [3.63, 3.8) is 0 Å². The van der Waals surface area contributed by atoms with Crippen molar-refractivity contribution in [3.8, 4) is 0 Å². The van der Waals surface area contributed by atoms with Crippen molar-refractivity contribution in [2.75, 3.05) is 6.54 Å². The fourth-order valence-electron chi connectivity index (χ4n) is 2.14. The lowest BCUT2D eigenvalue weighted by molar-refractivity contribution is 0.301. The lowest BCUT2D eigenvalue weighted by Crippen LogP contribution is -2.27. The zero-order valence-electron chi connectivity index (χ0n) is 9.79. The maximum atomic E-state index is 4.44. The molecule has 0 aliphatic heterocycles. The largest absolute Gasteiger partial charge is 0.312 e. The first-order valence-corrected chi connectivity index (χ1v) is 6.01. The molecule has 0 spiro atoms. The highest BCUT2D eigenvalue weighted by Crippen LogP contribution is 2.25. The van der Waals surface area contributed by atoms with E-state index in [1.807, 2.05) is 11.7 Å². The average molecular weight is 207 g/mol. The summed E-state index contributed by atoms with van der Waals surface area (Å²) in [4.78, 5) is 0. The van der Waals surface area contributed by atoms with Gasteiger partial charge in [0.15, 0.2) is 0 Å². The fraction of sp³-hybridized carbons (Fsp3) is 0.750. The van der Waals surface area contributed by atoms with Crippen LogP contribution in [0, 0.1) is 5.92 Å². The third-order valence-corrected chi connectivity index (χ3v) is 3.30. The van der Waals surface area contributed by atoms with Crippen LogP contribution in [0.1, 0.15) is 37.4 Å². The van der Waals surface area contributed by atoms with E-state index in [0.717, 1.165) is 18.9 Å². The SMILES string of the molecule is CCc1nn(C)cc1CNCC1CCC1. The molecule has 1 aliphatic rings. The van der Waals surface area contributed by atoms with Crippen LogP contribution in [0.5, 0.6) is 0 Å². The molecule has 1 N–H and O–H groups in total. The number of nitrogens with zero attached hydrogens (tertiary/aromatic N) is 2. The summed E-state index contributed by atoms with van der Waals surface area (Å²) < 4.78 is 1.92. The van der Waals surface area contributed by atoms with Gasteiger partial charge in [0.2, 0.25) is 0 Å². The molecule has 0 saturated heterocycles. The number of rotatable bonds is 5. The normalized spacial score (nSPS) is 16.7. The van der Waals surface area contributed by atoms with Gasteiger partial charge in [0, 0.05) is 25.4 Å². The highest BCUT2D eigenvalue weighted by atomic mass is 15.3. The fourth-order valence-corrected chi connectivity index (χ4v) is 2.14. The van der Waals surface area contributed by atoms with Crippen LogP contribution in [0.15, 0.2) is 6.20 Å². The van der Waals surface area contributed by atoms with Gasteiger partial charge in [0.05, 0.1) is 5.69 Å². The molecule has 84 valence electrons. The summed E-state index contributed by atoms with van der Waals surface area (Å²) in [7, 11) is 1.99. The Labute approximate surface area is 91.9 Å². The maximum absolute atomic E-state index is 4.44. The molecule has 15 heavy (non-hydrogen) atoms. The number of hydrogen-bond donors (Lipinski definition) is 1. The molecule has 1 heterocycles. The van der Waals surface area contributed by atoms with Crippen LogP contribution in [0.2, 0.25) is 0 Å². The zero-order chi connectivity index (χ0) is 10.7. The minimum absolute atomic E-state index is 0.937. The minimum Gasteiger partial charge on any atom is -0.312 e. The van der Waals surface area contributed by atoms with E-state index < -0.39 is 0 Å². The summed E-state index contributed by atoms with van der Waals surface area (Å²) in [5, 5.41) is 7.98. The van der Waals surface area contributed by atoms with Gasteiger partial charge in [-0.3, -0.25) is 4.68 Å². The highest BCUT2D eigenvalue weighted by Gasteiger charge is 2.16. The second-order valence-electron chi connectivity index (χ2n) is 4.56. The quantitative estimate of drug-likeness (QED) is 0.799. The maximum Gasteiger partial charge on any atom is 0.0666 e. The van der Waals surface area contributed by atoms with Crippen LogP contribution in [-0.4, -0.2) is 16.3 Å². The van der Waals surface area contributed by atoms with E-state index in [-0.39, 0.29) is 0 Å². The Morgan fingerprint density at radius 2 is 2.33 bits per heavy atom. The molecular weight excluding hydrogens is 186 g/mol. The Balaban J connectivity index is 1.80. The lowest BCUT2D eigenvalue weighted by Gasteiger charge is -2.25. The van der Waals surface area contributed by atoms with Crippen LogP contribution >= 0.6 is 0 Å². The molecule has 0 amide bonds. The second kappa shape index (κ2) is 4.79. The van der Waals surface area contributed by atoms with E-state index in [4.69, 9.17) is 0 Å². The molecule has 0 bridgehead atoms. The minimum atomic E-state index is 0.937. The van der Waals surface area contributed by atoms with E-state index >= 15 is 0 Å². The van der Waals surface area contributed by atoms with Crippen molar-refractivity contribution in [2.45, 2.75) is 39.2 Å². The van der Waals surface area contributed by atoms with Crippen molar-refractivity contribution in [1.29, 1.82) is 0 Å². The van der Waals surface area contributed by atoms with Gasteiger partial charge in [0.1, 0.15) is 0 Å². The molecule has 1 aliphatic carbocycles. The predicted octanol–water partition coefficient (Wildman–Crippen LogP) is 1.87. The Bertz CT molecular complexity index is 313. The highest BCUT2D eigenvalue weighted by molar-refractivity contribution is 5.16. The first kappa shape index (κ1) is 10.7. The summed E-state index contributed by atoms with van der Waals surface area (Å²) in [6.45, 7) is 4.32. The molecule has 0 atom stereocenters. The van der Waals surface area contributed by atoms with Crippen molar-refractivity contribution in [1.82, 2.24) is 15.1 Å². The first-order chi connectivity index (χ1) is 7.29. The molecular formula is C12H21N3. The van der Waals surface area contributed by atoms with E-state index in [1.165, 1.54) is 37.1 Å². The zero-order valence-corrected chi connectivity index (χ0v) is 9.79. The van der Waals surface area contributed by atoms with Crippen LogP contribution in [-0.2, 0) is 20.0 Å². The Kier molecular flexibility index (Phi) is 3.41. The van der Waals surface area contributed by atoms with Gasteiger partial charge in [-0.25, -0.2) is 0 Å². The predicted molar refractivity (Wildman–Crippen MR) is 61.6 cm³/mol. The Hall–Kier alpha value is -0.830. The molecule has 2 rings (SSSR count). The van der Waals surface area contributed by atoms with Crippen LogP contribution < -0.4 is 5.32 Å². The third kappa shape index (κ3) is 2.59. The van der Waals surface area contributed by atoms with Gasteiger partial charge >= 0.3 is 0 Å². The molecule has 1 aromatic rings. The molecule has 3 nitrogen and oxygen atoms in total. The van der Waals surface area contributed by atoms with Crippen molar-refractivity contribution >= 4 is 0 Å². The van der Waals surface area contributed by atoms with Gasteiger partial charge in [-0.1, -0.05) is 13.3 Å². The topological polar surface area (TPSA) is 29.9 Å². The summed E-state index contributed by atoms with van der Waals surface area (Å²) >= 11 is 0. The molecule has 0 aromatic carbocycles. The van der Waals surface area contributed by atoms with Crippen molar-refractivity contribution in [3.05, 3.63) is 17.5 Å². The van der Waals surface area contributed by atoms with Crippen LogP contribution in [0.25, 0.3) is 0 Å². The molecule has 3 heteroatoms. The summed E-state index contributed by atoms with van der Waals surface area (Å²) in [6.07, 6.45) is 7.43. The van der Waals surface area contributed by atoms with Gasteiger partial charge in [-0.15, -0.1) is 0 Å². The summed E-state index contributed by atoms with van der Waals surface area (Å²) in [5.74, 6) is 0.937. The first-order valence-electron chi connectivity index (χ1n) is 6.01. The second-order valence-corrected chi connectivity index (χ2v) is 4.56. The van der Waals surface area contributed by atoms with E-state index in [1.54, 1.807) is 0 Å².